The van der Waals surface area contributed by atoms with Crippen molar-refractivity contribution in [3.05, 3.63) is 58.6 Å². The van der Waals surface area contributed by atoms with Crippen LogP contribution in [0, 0.1) is 0 Å². The normalized spacial score (nSPS) is 11.8. The summed E-state index contributed by atoms with van der Waals surface area (Å²) in [5.74, 6) is 0.200. The number of ether oxygens (including phenoxy) is 1. The number of sulfonamides is 1. The number of aromatic nitrogens is 1. The van der Waals surface area contributed by atoms with Gasteiger partial charge in [0, 0.05) is 19.2 Å². The lowest BCUT2D eigenvalue weighted by atomic mass is 10.2. The minimum absolute atomic E-state index is 0.0468. The fraction of sp³-hybridized carbons (Fsp3) is 0.235. The molecule has 2 aromatic carbocycles. The summed E-state index contributed by atoms with van der Waals surface area (Å²) in [6.45, 7) is 2.41. The molecular formula is C17H18N2O5S. The highest BCUT2D eigenvalue weighted by molar-refractivity contribution is 7.89. The molecule has 7 nitrogen and oxygen atoms in total. The van der Waals surface area contributed by atoms with Crippen molar-refractivity contribution in [1.82, 2.24) is 9.29 Å². The first-order valence-corrected chi connectivity index (χ1v) is 9.19. The Morgan fingerprint density at radius 1 is 1.16 bits per heavy atom. The zero-order chi connectivity index (χ0) is 18.0. The Balaban J connectivity index is 1.83. The minimum Gasteiger partial charge on any atom is -0.497 e. The molecule has 0 saturated carbocycles. The molecule has 0 amide bonds. The zero-order valence-electron chi connectivity index (χ0n) is 13.9. The first-order chi connectivity index (χ1) is 11.9. The SMILES string of the molecule is CCn1c(=O)oc2cc(S(=O)(=O)NCc3ccc(OC)cc3)ccc21. The molecule has 1 N–H and O–H groups in total. The van der Waals surface area contributed by atoms with E-state index in [0.717, 1.165) is 5.56 Å². The summed E-state index contributed by atoms with van der Waals surface area (Å²) in [5.41, 5.74) is 1.62. The Bertz CT molecular complexity index is 1050. The second-order valence-corrected chi connectivity index (χ2v) is 7.18. The monoisotopic (exact) mass is 362 g/mol. The standard InChI is InChI=1S/C17H18N2O5S/c1-3-19-15-9-8-14(10-16(15)24-17(19)20)25(21,22)18-11-12-4-6-13(23-2)7-5-12/h4-10,18H,3,11H2,1-2H3. The van der Waals surface area contributed by atoms with Gasteiger partial charge >= 0.3 is 5.76 Å². The topological polar surface area (TPSA) is 90.5 Å². The molecule has 0 spiro atoms. The van der Waals surface area contributed by atoms with Crippen LogP contribution in [0.25, 0.3) is 11.1 Å². The van der Waals surface area contributed by atoms with Crippen molar-refractivity contribution in [2.45, 2.75) is 24.9 Å². The maximum absolute atomic E-state index is 12.5. The number of nitrogens with zero attached hydrogens (tertiary/aromatic N) is 1. The zero-order valence-corrected chi connectivity index (χ0v) is 14.7. The van der Waals surface area contributed by atoms with Crippen LogP contribution in [0.4, 0.5) is 0 Å². The quantitative estimate of drug-likeness (QED) is 0.725. The van der Waals surface area contributed by atoms with Crippen molar-refractivity contribution < 1.29 is 17.6 Å². The second-order valence-electron chi connectivity index (χ2n) is 5.41. The summed E-state index contributed by atoms with van der Waals surface area (Å²) in [6.07, 6.45) is 0. The van der Waals surface area contributed by atoms with Gasteiger partial charge in [-0.15, -0.1) is 0 Å². The Morgan fingerprint density at radius 3 is 2.52 bits per heavy atom. The van der Waals surface area contributed by atoms with Crippen molar-refractivity contribution in [2.75, 3.05) is 7.11 Å². The van der Waals surface area contributed by atoms with Gasteiger partial charge in [0.05, 0.1) is 17.5 Å². The van der Waals surface area contributed by atoms with Crippen LogP contribution >= 0.6 is 0 Å². The first-order valence-electron chi connectivity index (χ1n) is 7.70. The first kappa shape index (κ1) is 17.2. The van der Waals surface area contributed by atoms with Crippen LogP contribution in [0.3, 0.4) is 0 Å². The van der Waals surface area contributed by atoms with E-state index in [1.54, 1.807) is 37.4 Å². The van der Waals surface area contributed by atoms with Gasteiger partial charge in [0.2, 0.25) is 10.0 Å². The lowest BCUT2D eigenvalue weighted by molar-refractivity contribution is 0.414. The largest absolute Gasteiger partial charge is 0.497 e. The van der Waals surface area contributed by atoms with E-state index in [9.17, 15) is 13.2 Å². The van der Waals surface area contributed by atoms with E-state index >= 15 is 0 Å². The molecule has 132 valence electrons. The summed E-state index contributed by atoms with van der Waals surface area (Å²) in [7, 11) is -2.16. The molecule has 0 aliphatic rings. The van der Waals surface area contributed by atoms with Crippen LogP contribution in [0.15, 0.2) is 56.6 Å². The van der Waals surface area contributed by atoms with Gasteiger partial charge in [-0.05, 0) is 36.8 Å². The van der Waals surface area contributed by atoms with E-state index in [1.165, 1.54) is 16.7 Å². The molecule has 8 heteroatoms. The highest BCUT2D eigenvalue weighted by Gasteiger charge is 2.17. The Hall–Kier alpha value is -2.58. The number of fused-ring (bicyclic) bond motifs is 1. The number of hydrogen-bond donors (Lipinski definition) is 1. The average molecular weight is 362 g/mol. The lowest BCUT2D eigenvalue weighted by Gasteiger charge is -2.08. The maximum atomic E-state index is 12.5. The van der Waals surface area contributed by atoms with Gasteiger partial charge in [-0.2, -0.15) is 0 Å². The fourth-order valence-electron chi connectivity index (χ4n) is 2.52. The molecule has 0 aliphatic heterocycles. The van der Waals surface area contributed by atoms with Crippen molar-refractivity contribution in [2.24, 2.45) is 0 Å². The minimum atomic E-state index is -3.73. The van der Waals surface area contributed by atoms with E-state index in [1.807, 2.05) is 6.92 Å². The van der Waals surface area contributed by atoms with E-state index < -0.39 is 15.8 Å². The maximum Gasteiger partial charge on any atom is 0.419 e. The van der Waals surface area contributed by atoms with Crippen molar-refractivity contribution in [3.63, 3.8) is 0 Å². The molecule has 3 aromatic rings. The van der Waals surface area contributed by atoms with Crippen LogP contribution in [0.2, 0.25) is 0 Å². The fourth-order valence-corrected chi connectivity index (χ4v) is 3.55. The summed E-state index contributed by atoms with van der Waals surface area (Å²) >= 11 is 0. The number of aryl methyl sites for hydroxylation is 1. The van der Waals surface area contributed by atoms with Crippen LogP contribution in [0.1, 0.15) is 12.5 Å². The molecule has 1 aromatic heterocycles. The lowest BCUT2D eigenvalue weighted by Crippen LogP contribution is -2.23. The Labute approximate surface area is 144 Å². The second kappa shape index (κ2) is 6.73. The smallest absolute Gasteiger partial charge is 0.419 e. The molecule has 0 bridgehead atoms. The summed E-state index contributed by atoms with van der Waals surface area (Å²) < 4.78 is 39.1. The van der Waals surface area contributed by atoms with Gasteiger partial charge in [-0.25, -0.2) is 17.9 Å². The van der Waals surface area contributed by atoms with E-state index in [-0.39, 0.29) is 17.0 Å². The highest BCUT2D eigenvalue weighted by Crippen LogP contribution is 2.19. The molecule has 0 unspecified atom stereocenters. The molecule has 0 aliphatic carbocycles. The molecule has 1 heterocycles. The average Bonchev–Trinajstić information content (AvgIpc) is 2.94. The predicted octanol–water partition coefficient (Wildman–Crippen LogP) is 2.10. The van der Waals surface area contributed by atoms with Gasteiger partial charge in [0.25, 0.3) is 0 Å². The number of benzene rings is 2. The van der Waals surface area contributed by atoms with Crippen LogP contribution < -0.4 is 15.2 Å². The summed E-state index contributed by atoms with van der Waals surface area (Å²) in [5, 5.41) is 0. The molecule has 25 heavy (non-hydrogen) atoms. The third-order valence-electron chi connectivity index (χ3n) is 3.89. The molecule has 0 saturated heterocycles. The van der Waals surface area contributed by atoms with E-state index in [2.05, 4.69) is 4.72 Å². The van der Waals surface area contributed by atoms with E-state index in [4.69, 9.17) is 9.15 Å². The van der Waals surface area contributed by atoms with Gasteiger partial charge < -0.3 is 9.15 Å². The Morgan fingerprint density at radius 2 is 1.88 bits per heavy atom. The van der Waals surface area contributed by atoms with Gasteiger partial charge in [0.15, 0.2) is 5.58 Å². The number of rotatable bonds is 6. The number of hydrogen-bond acceptors (Lipinski definition) is 5. The van der Waals surface area contributed by atoms with Crippen LogP contribution in [-0.4, -0.2) is 20.1 Å². The molecule has 0 fully saturated rings. The Kier molecular flexibility index (Phi) is 4.65. The van der Waals surface area contributed by atoms with Gasteiger partial charge in [-0.1, -0.05) is 12.1 Å². The molecule has 0 atom stereocenters. The number of nitrogens with one attached hydrogen (secondary N) is 1. The van der Waals surface area contributed by atoms with Gasteiger partial charge in [0.1, 0.15) is 5.75 Å². The molecular weight excluding hydrogens is 344 g/mol. The predicted molar refractivity (Wildman–Crippen MR) is 93.2 cm³/mol. The third-order valence-corrected chi connectivity index (χ3v) is 5.29. The summed E-state index contributed by atoms with van der Waals surface area (Å²) in [4.78, 5) is 11.8. The third kappa shape index (κ3) is 3.45. The van der Waals surface area contributed by atoms with Crippen LogP contribution in [-0.2, 0) is 23.1 Å². The van der Waals surface area contributed by atoms with Crippen molar-refractivity contribution in [3.8, 4) is 5.75 Å². The van der Waals surface area contributed by atoms with E-state index in [0.29, 0.717) is 17.8 Å². The van der Waals surface area contributed by atoms with Crippen LogP contribution in [0.5, 0.6) is 5.75 Å². The molecule has 0 radical (unpaired) electrons. The van der Waals surface area contributed by atoms with Crippen molar-refractivity contribution >= 4 is 21.1 Å². The van der Waals surface area contributed by atoms with Crippen molar-refractivity contribution in [1.29, 1.82) is 0 Å². The molecule has 3 rings (SSSR count). The number of oxazole rings is 1. The number of methoxy groups -OCH3 is 1. The summed E-state index contributed by atoms with van der Waals surface area (Å²) in [6, 6.07) is 11.5. The van der Waals surface area contributed by atoms with Gasteiger partial charge in [-0.3, -0.25) is 4.57 Å². The highest BCUT2D eigenvalue weighted by atomic mass is 32.2.